The highest BCUT2D eigenvalue weighted by molar-refractivity contribution is 7.84. The summed E-state index contributed by atoms with van der Waals surface area (Å²) in [5.41, 5.74) is 0.164. The number of aromatic nitrogens is 2. The molecule has 1 atom stereocenters. The van der Waals surface area contributed by atoms with E-state index in [9.17, 15) is 9.00 Å². The lowest BCUT2D eigenvalue weighted by atomic mass is 10.2. The molecule has 1 unspecified atom stereocenters. The van der Waals surface area contributed by atoms with Gasteiger partial charge in [0.2, 0.25) is 5.43 Å². The Morgan fingerprint density at radius 2 is 2.20 bits per heavy atom. The molecule has 0 aliphatic carbocycles. The third-order valence-electron chi connectivity index (χ3n) is 1.99. The number of benzene rings is 1. The van der Waals surface area contributed by atoms with Crippen LogP contribution < -0.4 is 5.43 Å². The highest BCUT2D eigenvalue weighted by Gasteiger charge is 2.11. The van der Waals surface area contributed by atoms with Crippen LogP contribution in [0.5, 0.6) is 0 Å². The Labute approximate surface area is 92.7 Å². The molecule has 0 aliphatic heterocycles. The minimum Gasteiger partial charge on any atom is -0.286 e. The number of nitrogens with one attached hydrogen (secondary N) is 1. The third kappa shape index (κ3) is 1.68. The van der Waals surface area contributed by atoms with Crippen molar-refractivity contribution < 1.29 is 4.21 Å². The molecule has 0 amide bonds. The van der Waals surface area contributed by atoms with Crippen molar-refractivity contribution in [1.29, 1.82) is 0 Å². The van der Waals surface area contributed by atoms with Crippen LogP contribution in [0.3, 0.4) is 0 Å². The van der Waals surface area contributed by atoms with Gasteiger partial charge in [-0.2, -0.15) is 5.10 Å². The summed E-state index contributed by atoms with van der Waals surface area (Å²) in [6, 6.07) is 5.02. The predicted molar refractivity (Wildman–Crippen MR) is 59.7 cm³/mol. The second kappa shape index (κ2) is 3.75. The number of rotatable bonds is 1. The molecule has 0 aliphatic rings. The van der Waals surface area contributed by atoms with Crippen LogP contribution >= 0.6 is 11.6 Å². The summed E-state index contributed by atoms with van der Waals surface area (Å²) in [6.45, 7) is 0. The van der Waals surface area contributed by atoms with Gasteiger partial charge in [-0.05, 0) is 12.1 Å². The molecule has 4 nitrogen and oxygen atoms in total. The van der Waals surface area contributed by atoms with Crippen molar-refractivity contribution >= 4 is 33.3 Å². The Morgan fingerprint density at radius 3 is 2.87 bits per heavy atom. The van der Waals surface area contributed by atoms with E-state index in [4.69, 9.17) is 11.6 Å². The van der Waals surface area contributed by atoms with Gasteiger partial charge in [-0.3, -0.25) is 14.1 Å². The van der Waals surface area contributed by atoms with Crippen LogP contribution in [0, 0.1) is 0 Å². The summed E-state index contributed by atoms with van der Waals surface area (Å²) in [4.78, 5) is 11.8. The van der Waals surface area contributed by atoms with Crippen LogP contribution in [-0.2, 0) is 10.8 Å². The lowest BCUT2D eigenvalue weighted by Gasteiger charge is -2.00. The fourth-order valence-electron chi connectivity index (χ4n) is 1.31. The first-order valence-corrected chi connectivity index (χ1v) is 6.05. The van der Waals surface area contributed by atoms with Crippen LogP contribution in [0.25, 0.3) is 10.9 Å². The molecule has 1 N–H and O–H groups in total. The van der Waals surface area contributed by atoms with Crippen molar-refractivity contribution in [2.75, 3.05) is 6.26 Å². The minimum absolute atomic E-state index is 0.00407. The Morgan fingerprint density at radius 1 is 1.47 bits per heavy atom. The Balaban J connectivity index is 2.96. The van der Waals surface area contributed by atoms with E-state index < -0.39 is 10.8 Å². The van der Waals surface area contributed by atoms with E-state index in [1.165, 1.54) is 6.26 Å². The van der Waals surface area contributed by atoms with Crippen LogP contribution in [0.2, 0.25) is 5.02 Å². The van der Waals surface area contributed by atoms with Gasteiger partial charge in [0.25, 0.3) is 0 Å². The molecular formula is C9H7ClN2O2S. The monoisotopic (exact) mass is 242 g/mol. The molecule has 2 rings (SSSR count). The maximum absolute atomic E-state index is 11.8. The van der Waals surface area contributed by atoms with E-state index in [2.05, 4.69) is 10.2 Å². The van der Waals surface area contributed by atoms with Gasteiger partial charge >= 0.3 is 0 Å². The minimum atomic E-state index is -1.42. The normalized spacial score (nSPS) is 12.9. The standard InChI is InChI=1S/C9H7ClN2O2S/c1-15(14)9-8(13)7-5(10)3-2-4-6(7)11-12-9/h2-4H,1H3,(H,11,13). The van der Waals surface area contributed by atoms with Crippen molar-refractivity contribution in [2.45, 2.75) is 5.03 Å². The zero-order valence-corrected chi connectivity index (χ0v) is 9.35. The SMILES string of the molecule is CS(=O)c1n[nH]c2cccc(Cl)c2c1=O. The molecule has 0 bridgehead atoms. The molecule has 15 heavy (non-hydrogen) atoms. The highest BCUT2D eigenvalue weighted by atomic mass is 35.5. The third-order valence-corrected chi connectivity index (χ3v) is 3.12. The fraction of sp³-hybridized carbons (Fsp3) is 0.111. The summed E-state index contributed by atoms with van der Waals surface area (Å²) in [6.07, 6.45) is 1.40. The van der Waals surface area contributed by atoms with Gasteiger partial charge < -0.3 is 0 Å². The van der Waals surface area contributed by atoms with Crippen molar-refractivity contribution in [3.63, 3.8) is 0 Å². The molecule has 1 aromatic carbocycles. The molecule has 0 saturated carbocycles. The molecule has 1 aromatic heterocycles. The van der Waals surface area contributed by atoms with Crippen LogP contribution in [0.15, 0.2) is 28.0 Å². The molecule has 0 spiro atoms. The predicted octanol–water partition coefficient (Wildman–Crippen LogP) is 1.31. The highest BCUT2D eigenvalue weighted by Crippen LogP contribution is 2.18. The topological polar surface area (TPSA) is 62.8 Å². The number of aromatic amines is 1. The molecule has 0 radical (unpaired) electrons. The number of H-pyrrole nitrogens is 1. The number of fused-ring (bicyclic) bond motifs is 1. The van der Waals surface area contributed by atoms with Crippen molar-refractivity contribution in [1.82, 2.24) is 10.2 Å². The smallest absolute Gasteiger partial charge is 0.225 e. The number of hydrogen-bond donors (Lipinski definition) is 1. The van der Waals surface area contributed by atoms with E-state index >= 15 is 0 Å². The molecule has 6 heteroatoms. The zero-order chi connectivity index (χ0) is 11.0. The Hall–Kier alpha value is -1.20. The number of hydrogen-bond acceptors (Lipinski definition) is 3. The molecular weight excluding hydrogens is 236 g/mol. The van der Waals surface area contributed by atoms with Crippen LogP contribution in [0.1, 0.15) is 0 Å². The average Bonchev–Trinajstić information content (AvgIpc) is 2.17. The number of halogens is 1. The lowest BCUT2D eigenvalue weighted by molar-refractivity contribution is 0.681. The first kappa shape index (κ1) is 10.3. The van der Waals surface area contributed by atoms with Gasteiger partial charge in [-0.15, -0.1) is 0 Å². The molecule has 0 fully saturated rings. The first-order valence-electron chi connectivity index (χ1n) is 4.11. The van der Waals surface area contributed by atoms with E-state index in [0.29, 0.717) is 15.9 Å². The quantitative estimate of drug-likeness (QED) is 0.820. The largest absolute Gasteiger partial charge is 0.286 e. The summed E-state index contributed by atoms with van der Waals surface area (Å²) in [7, 11) is -1.42. The second-order valence-corrected chi connectivity index (χ2v) is 4.68. The fourth-order valence-corrected chi connectivity index (χ4v) is 2.11. The average molecular weight is 243 g/mol. The molecule has 1 heterocycles. The van der Waals surface area contributed by atoms with Crippen molar-refractivity contribution in [3.05, 3.63) is 33.4 Å². The van der Waals surface area contributed by atoms with Crippen molar-refractivity contribution in [2.24, 2.45) is 0 Å². The summed E-state index contributed by atoms with van der Waals surface area (Å²) >= 11 is 5.89. The van der Waals surface area contributed by atoms with E-state index in [-0.39, 0.29) is 10.5 Å². The Kier molecular flexibility index (Phi) is 2.58. The van der Waals surface area contributed by atoms with Gasteiger partial charge in [0.1, 0.15) is 0 Å². The second-order valence-electron chi connectivity index (χ2n) is 2.97. The van der Waals surface area contributed by atoms with E-state index in [1.54, 1.807) is 18.2 Å². The number of nitrogens with zero attached hydrogens (tertiary/aromatic N) is 1. The van der Waals surface area contributed by atoms with Gasteiger partial charge in [-0.25, -0.2) is 0 Å². The summed E-state index contributed by atoms with van der Waals surface area (Å²) < 4.78 is 11.2. The van der Waals surface area contributed by atoms with E-state index in [1.807, 2.05) is 0 Å². The summed E-state index contributed by atoms with van der Waals surface area (Å²) in [5.74, 6) is 0. The Bertz CT molecular complexity index is 609. The van der Waals surface area contributed by atoms with Gasteiger partial charge in [-0.1, -0.05) is 17.7 Å². The molecule has 2 aromatic rings. The van der Waals surface area contributed by atoms with Gasteiger partial charge in [0, 0.05) is 6.26 Å². The van der Waals surface area contributed by atoms with Crippen LogP contribution in [-0.4, -0.2) is 20.7 Å². The lowest BCUT2D eigenvalue weighted by Crippen LogP contribution is -2.14. The first-order chi connectivity index (χ1) is 7.11. The maximum Gasteiger partial charge on any atom is 0.225 e. The summed E-state index contributed by atoms with van der Waals surface area (Å²) in [5, 5.41) is 7.07. The maximum atomic E-state index is 11.8. The zero-order valence-electron chi connectivity index (χ0n) is 7.78. The van der Waals surface area contributed by atoms with Gasteiger partial charge in [0.05, 0.1) is 26.7 Å². The van der Waals surface area contributed by atoms with Crippen molar-refractivity contribution in [3.8, 4) is 0 Å². The van der Waals surface area contributed by atoms with Crippen LogP contribution in [0.4, 0.5) is 0 Å². The van der Waals surface area contributed by atoms with Gasteiger partial charge in [0.15, 0.2) is 5.03 Å². The van der Waals surface area contributed by atoms with E-state index in [0.717, 1.165) is 0 Å². The molecule has 0 saturated heterocycles. The molecule has 78 valence electrons.